The van der Waals surface area contributed by atoms with E-state index in [2.05, 4.69) is 30.2 Å². The second-order valence-corrected chi connectivity index (χ2v) is 5.94. The normalized spacial score (nSPS) is 10.6. The van der Waals surface area contributed by atoms with Gasteiger partial charge in [0.15, 0.2) is 5.13 Å². The van der Waals surface area contributed by atoms with Crippen LogP contribution in [0.5, 0.6) is 0 Å². The number of hydrogen-bond donors (Lipinski definition) is 1. The standard InChI is InChI=1S/C15H14N6O2S/c1-9(2)23-13(22)12-11(10-8-16-6-7-17-10)20-15(24-12)21-14-18-4-3-5-19-14/h3-9H,1-2H3,(H,18,19,20,21). The molecule has 122 valence electrons. The van der Waals surface area contributed by atoms with Crippen molar-refractivity contribution in [3.8, 4) is 11.4 Å². The van der Waals surface area contributed by atoms with E-state index in [-0.39, 0.29) is 6.10 Å². The van der Waals surface area contributed by atoms with Gasteiger partial charge in [0, 0.05) is 24.8 Å². The van der Waals surface area contributed by atoms with Gasteiger partial charge in [0.1, 0.15) is 16.3 Å². The molecule has 0 unspecified atom stereocenters. The number of hydrogen-bond acceptors (Lipinski definition) is 9. The van der Waals surface area contributed by atoms with E-state index in [4.69, 9.17) is 4.74 Å². The molecule has 0 spiro atoms. The topological polar surface area (TPSA) is 103 Å². The first-order valence-corrected chi connectivity index (χ1v) is 7.97. The van der Waals surface area contributed by atoms with Crippen LogP contribution in [0.1, 0.15) is 23.5 Å². The monoisotopic (exact) mass is 342 g/mol. The van der Waals surface area contributed by atoms with Crippen molar-refractivity contribution < 1.29 is 9.53 Å². The highest BCUT2D eigenvalue weighted by Gasteiger charge is 2.23. The zero-order valence-electron chi connectivity index (χ0n) is 13.0. The molecule has 1 N–H and O–H groups in total. The van der Waals surface area contributed by atoms with Crippen LogP contribution in [0.2, 0.25) is 0 Å². The van der Waals surface area contributed by atoms with E-state index in [1.165, 1.54) is 0 Å². The fourth-order valence-corrected chi connectivity index (χ4v) is 2.68. The first kappa shape index (κ1) is 15.9. The summed E-state index contributed by atoms with van der Waals surface area (Å²) in [5.74, 6) is -0.0640. The number of ether oxygens (including phenoxy) is 1. The molecule has 3 aromatic heterocycles. The minimum absolute atomic E-state index is 0.233. The maximum absolute atomic E-state index is 12.4. The van der Waals surface area contributed by atoms with Gasteiger partial charge in [-0.2, -0.15) is 0 Å². The summed E-state index contributed by atoms with van der Waals surface area (Å²) in [5.41, 5.74) is 0.906. The predicted octanol–water partition coefficient (Wildman–Crippen LogP) is 2.70. The molecule has 3 rings (SSSR count). The number of carbonyl (C=O) groups is 1. The van der Waals surface area contributed by atoms with E-state index in [0.29, 0.717) is 27.3 Å². The van der Waals surface area contributed by atoms with E-state index < -0.39 is 5.97 Å². The Hall–Kier alpha value is -2.94. The van der Waals surface area contributed by atoms with Crippen molar-refractivity contribution in [2.24, 2.45) is 0 Å². The highest BCUT2D eigenvalue weighted by Crippen LogP contribution is 2.31. The highest BCUT2D eigenvalue weighted by atomic mass is 32.1. The van der Waals surface area contributed by atoms with Crippen LogP contribution in [0.25, 0.3) is 11.4 Å². The van der Waals surface area contributed by atoms with Crippen LogP contribution in [0.4, 0.5) is 11.1 Å². The van der Waals surface area contributed by atoms with E-state index in [1.807, 2.05) is 0 Å². The minimum atomic E-state index is -0.454. The summed E-state index contributed by atoms with van der Waals surface area (Å²) >= 11 is 1.15. The van der Waals surface area contributed by atoms with Gasteiger partial charge >= 0.3 is 5.97 Å². The Bertz CT molecular complexity index is 822. The maximum Gasteiger partial charge on any atom is 0.351 e. The van der Waals surface area contributed by atoms with E-state index in [9.17, 15) is 4.79 Å². The Balaban J connectivity index is 1.97. The van der Waals surface area contributed by atoms with Crippen molar-refractivity contribution >= 4 is 28.4 Å². The molecule has 0 fully saturated rings. The van der Waals surface area contributed by atoms with Crippen molar-refractivity contribution in [2.45, 2.75) is 20.0 Å². The first-order valence-electron chi connectivity index (χ1n) is 7.15. The van der Waals surface area contributed by atoms with Gasteiger partial charge in [-0.15, -0.1) is 0 Å². The summed E-state index contributed by atoms with van der Waals surface area (Å²) < 4.78 is 5.29. The summed E-state index contributed by atoms with van der Waals surface area (Å²) in [6.07, 6.45) is 7.63. The second-order valence-electron chi connectivity index (χ2n) is 4.94. The number of thiazole rings is 1. The third-order valence-corrected chi connectivity index (χ3v) is 3.70. The molecule has 24 heavy (non-hydrogen) atoms. The van der Waals surface area contributed by atoms with Gasteiger partial charge in [-0.25, -0.2) is 19.7 Å². The largest absolute Gasteiger partial charge is 0.459 e. The lowest BCUT2D eigenvalue weighted by Crippen LogP contribution is -2.11. The van der Waals surface area contributed by atoms with Crippen molar-refractivity contribution in [1.82, 2.24) is 24.9 Å². The van der Waals surface area contributed by atoms with E-state index >= 15 is 0 Å². The Morgan fingerprint density at radius 2 is 1.96 bits per heavy atom. The van der Waals surface area contributed by atoms with Gasteiger partial charge in [-0.05, 0) is 19.9 Å². The SMILES string of the molecule is CC(C)OC(=O)c1sc(Nc2ncccn2)nc1-c1cnccn1. The number of nitrogens with one attached hydrogen (secondary N) is 1. The van der Waals surface area contributed by atoms with Crippen LogP contribution in [0, 0.1) is 0 Å². The zero-order valence-corrected chi connectivity index (χ0v) is 13.8. The van der Waals surface area contributed by atoms with Gasteiger partial charge in [0.2, 0.25) is 5.95 Å². The molecule has 0 atom stereocenters. The third kappa shape index (κ3) is 3.69. The Morgan fingerprint density at radius 1 is 1.17 bits per heavy atom. The lowest BCUT2D eigenvalue weighted by molar-refractivity contribution is 0.0384. The molecule has 0 aromatic carbocycles. The zero-order chi connectivity index (χ0) is 16.9. The molecule has 0 radical (unpaired) electrons. The average molecular weight is 342 g/mol. The number of aromatic nitrogens is 5. The van der Waals surface area contributed by atoms with Crippen molar-refractivity contribution in [3.05, 3.63) is 41.9 Å². The molecule has 8 nitrogen and oxygen atoms in total. The molecular weight excluding hydrogens is 328 g/mol. The molecule has 0 saturated heterocycles. The number of nitrogens with zero attached hydrogens (tertiary/aromatic N) is 5. The molecule has 9 heteroatoms. The quantitative estimate of drug-likeness (QED) is 0.706. The molecule has 3 aromatic rings. The highest BCUT2D eigenvalue weighted by molar-refractivity contribution is 7.18. The number of anilines is 2. The van der Waals surface area contributed by atoms with E-state index in [1.54, 1.807) is 50.9 Å². The summed E-state index contributed by atoms with van der Waals surface area (Å²) in [6.45, 7) is 3.58. The Morgan fingerprint density at radius 3 is 2.62 bits per heavy atom. The predicted molar refractivity (Wildman–Crippen MR) is 89.0 cm³/mol. The molecule has 0 aliphatic carbocycles. The van der Waals surface area contributed by atoms with Crippen LogP contribution < -0.4 is 5.32 Å². The fraction of sp³-hybridized carbons (Fsp3) is 0.200. The molecule has 0 saturated carbocycles. The van der Waals surface area contributed by atoms with Gasteiger partial charge in [0.25, 0.3) is 0 Å². The summed E-state index contributed by atoms with van der Waals surface area (Å²) in [4.78, 5) is 33.5. The van der Waals surface area contributed by atoms with Gasteiger partial charge in [-0.1, -0.05) is 11.3 Å². The smallest absolute Gasteiger partial charge is 0.351 e. The van der Waals surface area contributed by atoms with Gasteiger partial charge < -0.3 is 10.1 Å². The third-order valence-electron chi connectivity index (χ3n) is 2.75. The van der Waals surface area contributed by atoms with E-state index in [0.717, 1.165) is 11.3 Å². The van der Waals surface area contributed by atoms with Crippen LogP contribution in [-0.2, 0) is 4.74 Å². The fourth-order valence-electron chi connectivity index (χ4n) is 1.83. The lowest BCUT2D eigenvalue weighted by atomic mass is 10.3. The Labute approximate surface area is 142 Å². The van der Waals surface area contributed by atoms with Crippen LogP contribution in [0.3, 0.4) is 0 Å². The molecule has 0 aliphatic heterocycles. The Kier molecular flexibility index (Phi) is 4.71. The summed E-state index contributed by atoms with van der Waals surface area (Å²) in [7, 11) is 0. The molecule has 0 bridgehead atoms. The lowest BCUT2D eigenvalue weighted by Gasteiger charge is -2.06. The molecule has 3 heterocycles. The van der Waals surface area contributed by atoms with Crippen LogP contribution in [-0.4, -0.2) is 37.0 Å². The summed E-state index contributed by atoms with van der Waals surface area (Å²) in [6, 6.07) is 1.71. The first-order chi connectivity index (χ1) is 11.6. The van der Waals surface area contributed by atoms with Crippen LogP contribution >= 0.6 is 11.3 Å². The van der Waals surface area contributed by atoms with Gasteiger partial charge in [0.05, 0.1) is 12.3 Å². The van der Waals surface area contributed by atoms with Crippen molar-refractivity contribution in [3.63, 3.8) is 0 Å². The molecular formula is C15H14N6O2S. The second kappa shape index (κ2) is 7.09. The number of rotatable bonds is 5. The number of carbonyl (C=O) groups excluding carboxylic acids is 1. The molecule has 0 aliphatic rings. The average Bonchev–Trinajstić information content (AvgIpc) is 3.00. The maximum atomic E-state index is 12.4. The minimum Gasteiger partial charge on any atom is -0.459 e. The van der Waals surface area contributed by atoms with Gasteiger partial charge in [-0.3, -0.25) is 9.97 Å². The van der Waals surface area contributed by atoms with Crippen LogP contribution in [0.15, 0.2) is 37.1 Å². The van der Waals surface area contributed by atoms with Crippen molar-refractivity contribution in [2.75, 3.05) is 5.32 Å². The molecule has 0 amide bonds. The van der Waals surface area contributed by atoms with Crippen molar-refractivity contribution in [1.29, 1.82) is 0 Å². The number of esters is 1. The summed E-state index contributed by atoms with van der Waals surface area (Å²) in [5, 5.41) is 3.44.